The zero-order chi connectivity index (χ0) is 16.0. The second kappa shape index (κ2) is 7.92. The number of amidine groups is 1. The van der Waals surface area contributed by atoms with Gasteiger partial charge in [-0.25, -0.2) is 0 Å². The minimum Gasteiger partial charge on any atom is -0.409 e. The van der Waals surface area contributed by atoms with Gasteiger partial charge in [0, 0.05) is 19.5 Å². The molecule has 1 heterocycles. The molecule has 3 N–H and O–H groups in total. The van der Waals surface area contributed by atoms with Crippen LogP contribution in [0.25, 0.3) is 0 Å². The molecular weight excluding hydrogens is 290 g/mol. The first-order valence-corrected chi connectivity index (χ1v) is 7.72. The average molecular weight is 313 g/mol. The molecule has 0 saturated carbocycles. The van der Waals surface area contributed by atoms with Crippen molar-refractivity contribution in [1.29, 1.82) is 0 Å². The first-order chi connectivity index (χ1) is 9.86. The van der Waals surface area contributed by atoms with Crippen LogP contribution >= 0.6 is 11.5 Å². The lowest BCUT2D eigenvalue weighted by atomic mass is 10.1. The summed E-state index contributed by atoms with van der Waals surface area (Å²) in [6, 6.07) is 0. The number of nitrogens with two attached hydrogens (primary N) is 1. The highest BCUT2D eigenvalue weighted by Gasteiger charge is 2.24. The van der Waals surface area contributed by atoms with Gasteiger partial charge >= 0.3 is 0 Å². The summed E-state index contributed by atoms with van der Waals surface area (Å²) in [5.41, 5.74) is 6.21. The molecule has 0 spiro atoms. The molecule has 1 amide bonds. The van der Waals surface area contributed by atoms with Crippen LogP contribution in [0.1, 0.15) is 55.4 Å². The maximum atomic E-state index is 12.7. The molecule has 0 aliphatic heterocycles. The standard InChI is InChI=1S/C13H23N5O2S/c1-8(2)7-18(6-5-10(14)16-20)13(19)12-11(9(3)4)15-17-21-12/h8-9,20H,5-7H2,1-4H3,(H2,14,16). The van der Waals surface area contributed by atoms with E-state index in [1.54, 1.807) is 4.90 Å². The summed E-state index contributed by atoms with van der Waals surface area (Å²) in [7, 11) is 0. The van der Waals surface area contributed by atoms with Crippen LogP contribution in [0, 0.1) is 5.92 Å². The van der Waals surface area contributed by atoms with Crippen LogP contribution in [-0.4, -0.2) is 44.5 Å². The van der Waals surface area contributed by atoms with E-state index in [9.17, 15) is 4.79 Å². The summed E-state index contributed by atoms with van der Waals surface area (Å²) < 4.78 is 3.89. The van der Waals surface area contributed by atoms with E-state index in [2.05, 4.69) is 14.7 Å². The minimum absolute atomic E-state index is 0.0897. The Morgan fingerprint density at radius 2 is 2.10 bits per heavy atom. The molecule has 0 aromatic carbocycles. The zero-order valence-corrected chi connectivity index (χ0v) is 13.7. The number of hydrogen-bond donors (Lipinski definition) is 2. The predicted molar refractivity (Wildman–Crippen MR) is 82.8 cm³/mol. The molecule has 21 heavy (non-hydrogen) atoms. The van der Waals surface area contributed by atoms with Crippen LogP contribution in [-0.2, 0) is 0 Å². The van der Waals surface area contributed by atoms with Gasteiger partial charge in [-0.3, -0.25) is 4.79 Å². The van der Waals surface area contributed by atoms with E-state index in [0.29, 0.717) is 30.3 Å². The first-order valence-electron chi connectivity index (χ1n) is 6.94. The molecule has 1 rings (SSSR count). The summed E-state index contributed by atoms with van der Waals surface area (Å²) in [5.74, 6) is 0.494. The third-order valence-corrected chi connectivity index (χ3v) is 3.62. The SMILES string of the molecule is CC(C)CN(CCC(N)=NO)C(=O)c1snnc1C(C)C. The number of aromatic nitrogens is 2. The number of oxime groups is 1. The van der Waals surface area contributed by atoms with Gasteiger partial charge in [0.1, 0.15) is 10.7 Å². The Bertz CT molecular complexity index is 499. The third kappa shape index (κ3) is 4.96. The number of rotatable bonds is 7. The lowest BCUT2D eigenvalue weighted by molar-refractivity contribution is 0.0743. The van der Waals surface area contributed by atoms with Crippen molar-refractivity contribution in [2.24, 2.45) is 16.8 Å². The molecule has 0 unspecified atom stereocenters. The molecule has 1 aromatic heterocycles. The second-order valence-corrected chi connectivity index (χ2v) is 6.38. The van der Waals surface area contributed by atoms with E-state index < -0.39 is 0 Å². The molecule has 7 nitrogen and oxygen atoms in total. The Labute approximate surface area is 129 Å². The normalized spacial score (nSPS) is 12.2. The van der Waals surface area contributed by atoms with E-state index in [1.807, 2.05) is 27.7 Å². The monoisotopic (exact) mass is 313 g/mol. The van der Waals surface area contributed by atoms with Gasteiger partial charge in [0.15, 0.2) is 0 Å². The van der Waals surface area contributed by atoms with Gasteiger partial charge in [-0.15, -0.1) is 5.10 Å². The number of hydrogen-bond acceptors (Lipinski definition) is 6. The average Bonchev–Trinajstić information content (AvgIpc) is 2.91. The summed E-state index contributed by atoms with van der Waals surface area (Å²) in [5, 5.41) is 15.6. The van der Waals surface area contributed by atoms with Gasteiger partial charge in [-0.2, -0.15) is 0 Å². The molecule has 8 heteroatoms. The third-order valence-electron chi connectivity index (χ3n) is 2.89. The van der Waals surface area contributed by atoms with Crippen molar-refractivity contribution in [3.63, 3.8) is 0 Å². The van der Waals surface area contributed by atoms with Crippen molar-refractivity contribution >= 4 is 23.3 Å². The second-order valence-electron chi connectivity index (χ2n) is 5.63. The van der Waals surface area contributed by atoms with E-state index in [0.717, 1.165) is 17.2 Å². The summed E-state index contributed by atoms with van der Waals surface area (Å²) in [6.45, 7) is 9.05. The maximum Gasteiger partial charge on any atom is 0.267 e. The smallest absolute Gasteiger partial charge is 0.267 e. The Kier molecular flexibility index (Phi) is 6.54. The number of nitrogens with zero attached hydrogens (tertiary/aromatic N) is 4. The molecule has 0 atom stereocenters. The number of carbonyl (C=O) groups is 1. The fourth-order valence-corrected chi connectivity index (χ4v) is 2.67. The lowest BCUT2D eigenvalue weighted by Crippen LogP contribution is -2.36. The lowest BCUT2D eigenvalue weighted by Gasteiger charge is -2.24. The zero-order valence-electron chi connectivity index (χ0n) is 12.9. The van der Waals surface area contributed by atoms with Gasteiger partial charge in [-0.1, -0.05) is 37.3 Å². The summed E-state index contributed by atoms with van der Waals surface area (Å²) >= 11 is 1.12. The van der Waals surface area contributed by atoms with Crippen molar-refractivity contribution in [2.75, 3.05) is 13.1 Å². The number of carbonyl (C=O) groups excluding carboxylic acids is 1. The molecule has 0 aliphatic carbocycles. The molecule has 0 saturated heterocycles. The topological polar surface area (TPSA) is 105 Å². The van der Waals surface area contributed by atoms with Crippen LogP contribution in [0.3, 0.4) is 0 Å². The van der Waals surface area contributed by atoms with Crippen LogP contribution in [0.2, 0.25) is 0 Å². The van der Waals surface area contributed by atoms with Crippen molar-refractivity contribution in [1.82, 2.24) is 14.5 Å². The Morgan fingerprint density at radius 1 is 1.43 bits per heavy atom. The Morgan fingerprint density at radius 3 is 2.62 bits per heavy atom. The predicted octanol–water partition coefficient (Wildman–Crippen LogP) is 1.90. The van der Waals surface area contributed by atoms with Gasteiger partial charge in [0.2, 0.25) is 0 Å². The maximum absolute atomic E-state index is 12.7. The van der Waals surface area contributed by atoms with Gasteiger partial charge in [-0.05, 0) is 23.4 Å². The molecular formula is C13H23N5O2S. The molecule has 0 bridgehead atoms. The fourth-order valence-electron chi connectivity index (χ4n) is 1.88. The fraction of sp³-hybridized carbons (Fsp3) is 0.692. The van der Waals surface area contributed by atoms with E-state index in [-0.39, 0.29) is 17.7 Å². The van der Waals surface area contributed by atoms with Crippen LogP contribution in [0.5, 0.6) is 0 Å². The quantitative estimate of drug-likeness (QED) is 0.346. The summed E-state index contributed by atoms with van der Waals surface area (Å²) in [4.78, 5) is 15.0. The minimum atomic E-state index is -0.0897. The van der Waals surface area contributed by atoms with Crippen molar-refractivity contribution < 1.29 is 10.0 Å². The van der Waals surface area contributed by atoms with E-state index in [4.69, 9.17) is 10.9 Å². The molecule has 0 aliphatic rings. The molecule has 0 radical (unpaired) electrons. The molecule has 118 valence electrons. The van der Waals surface area contributed by atoms with E-state index in [1.165, 1.54) is 0 Å². The van der Waals surface area contributed by atoms with Gasteiger partial charge < -0.3 is 15.8 Å². The van der Waals surface area contributed by atoms with Crippen LogP contribution in [0.4, 0.5) is 0 Å². The summed E-state index contributed by atoms with van der Waals surface area (Å²) in [6.07, 6.45) is 0.332. The van der Waals surface area contributed by atoms with Crippen molar-refractivity contribution in [3.05, 3.63) is 10.6 Å². The Hall–Kier alpha value is -1.70. The Balaban J connectivity index is 2.91. The largest absolute Gasteiger partial charge is 0.409 e. The van der Waals surface area contributed by atoms with Gasteiger partial charge in [0.25, 0.3) is 5.91 Å². The van der Waals surface area contributed by atoms with Crippen molar-refractivity contribution in [2.45, 2.75) is 40.0 Å². The highest BCUT2D eigenvalue weighted by molar-refractivity contribution is 7.08. The highest BCUT2D eigenvalue weighted by atomic mass is 32.1. The van der Waals surface area contributed by atoms with E-state index >= 15 is 0 Å². The molecule has 0 fully saturated rings. The number of amides is 1. The first kappa shape index (κ1) is 17.4. The van der Waals surface area contributed by atoms with Crippen LogP contribution < -0.4 is 5.73 Å². The van der Waals surface area contributed by atoms with Gasteiger partial charge in [0.05, 0.1) is 5.69 Å². The van der Waals surface area contributed by atoms with Crippen LogP contribution in [0.15, 0.2) is 5.16 Å². The highest BCUT2D eigenvalue weighted by Crippen LogP contribution is 2.22. The van der Waals surface area contributed by atoms with Crippen molar-refractivity contribution in [3.8, 4) is 0 Å². The molecule has 1 aromatic rings.